The predicted molar refractivity (Wildman–Crippen MR) is 72.4 cm³/mol. The lowest BCUT2D eigenvalue weighted by atomic mass is 9.87. The van der Waals surface area contributed by atoms with Gasteiger partial charge < -0.3 is 9.64 Å². The van der Waals surface area contributed by atoms with Crippen molar-refractivity contribution in [2.75, 3.05) is 19.8 Å². The van der Waals surface area contributed by atoms with Gasteiger partial charge in [0.2, 0.25) is 5.91 Å². The van der Waals surface area contributed by atoms with Crippen molar-refractivity contribution in [2.24, 2.45) is 5.92 Å². The minimum absolute atomic E-state index is 0.204. The molecule has 1 saturated carbocycles. The zero-order valence-corrected chi connectivity index (χ0v) is 11.6. The molecule has 0 aromatic carbocycles. The van der Waals surface area contributed by atoms with Crippen LogP contribution in [0.25, 0.3) is 0 Å². The maximum absolute atomic E-state index is 12.7. The lowest BCUT2D eigenvalue weighted by molar-refractivity contribution is -0.140. The first-order valence-corrected chi connectivity index (χ1v) is 7.58. The van der Waals surface area contributed by atoms with Crippen molar-refractivity contribution in [3.05, 3.63) is 0 Å². The highest BCUT2D eigenvalue weighted by Gasteiger charge is 2.31. The number of carbonyl (C=O) groups is 1. The van der Waals surface area contributed by atoms with Crippen LogP contribution in [0.4, 0.5) is 0 Å². The van der Waals surface area contributed by atoms with E-state index in [0.717, 1.165) is 38.9 Å². The van der Waals surface area contributed by atoms with E-state index in [1.165, 1.54) is 19.3 Å². The summed E-state index contributed by atoms with van der Waals surface area (Å²) in [7, 11) is 0. The molecule has 2 fully saturated rings. The van der Waals surface area contributed by atoms with Gasteiger partial charge in [0.05, 0.1) is 12.5 Å². The van der Waals surface area contributed by atoms with Crippen molar-refractivity contribution in [3.8, 4) is 6.07 Å². The molecule has 106 valence electrons. The molecule has 0 unspecified atom stereocenters. The van der Waals surface area contributed by atoms with Crippen LogP contribution in [0.3, 0.4) is 0 Å². The maximum atomic E-state index is 12.7. The van der Waals surface area contributed by atoms with Crippen molar-refractivity contribution < 1.29 is 9.53 Å². The Morgan fingerprint density at radius 1 is 1.16 bits per heavy atom. The Hall–Kier alpha value is -1.08. The normalized spacial score (nSPS) is 21.8. The van der Waals surface area contributed by atoms with Crippen molar-refractivity contribution in [1.29, 1.82) is 5.26 Å². The van der Waals surface area contributed by atoms with Gasteiger partial charge >= 0.3 is 0 Å². The number of rotatable bonds is 4. The molecule has 1 saturated heterocycles. The molecule has 19 heavy (non-hydrogen) atoms. The quantitative estimate of drug-likeness (QED) is 0.784. The summed E-state index contributed by atoms with van der Waals surface area (Å²) in [5.41, 5.74) is 0. The minimum atomic E-state index is 0.204. The number of amides is 1. The Kier molecular flexibility index (Phi) is 5.65. The fourth-order valence-electron chi connectivity index (χ4n) is 3.22. The fraction of sp³-hybridized carbons (Fsp3) is 0.867. The van der Waals surface area contributed by atoms with Gasteiger partial charge in [0.25, 0.3) is 0 Å². The summed E-state index contributed by atoms with van der Waals surface area (Å²) in [6.45, 7) is 2.08. The molecular weight excluding hydrogens is 240 g/mol. The van der Waals surface area contributed by atoms with Crippen LogP contribution >= 0.6 is 0 Å². The number of nitriles is 1. The van der Waals surface area contributed by atoms with Crippen LogP contribution in [0.15, 0.2) is 0 Å². The molecule has 2 rings (SSSR count). The average molecular weight is 264 g/mol. The number of carbonyl (C=O) groups excluding carboxylic acids is 1. The van der Waals surface area contributed by atoms with E-state index in [0.29, 0.717) is 18.9 Å². The Morgan fingerprint density at radius 2 is 1.84 bits per heavy atom. The van der Waals surface area contributed by atoms with Gasteiger partial charge in [-0.3, -0.25) is 4.79 Å². The van der Waals surface area contributed by atoms with Crippen LogP contribution in [0.5, 0.6) is 0 Å². The smallest absolute Gasteiger partial charge is 0.225 e. The van der Waals surface area contributed by atoms with Crippen LogP contribution in [0, 0.1) is 17.2 Å². The van der Waals surface area contributed by atoms with Crippen LogP contribution in [0.2, 0.25) is 0 Å². The van der Waals surface area contributed by atoms with E-state index in [9.17, 15) is 4.79 Å². The summed E-state index contributed by atoms with van der Waals surface area (Å²) in [5, 5.41) is 8.79. The molecule has 1 heterocycles. The zero-order chi connectivity index (χ0) is 13.5. The molecule has 1 aliphatic heterocycles. The second-order valence-electron chi connectivity index (χ2n) is 5.62. The Morgan fingerprint density at radius 3 is 2.47 bits per heavy atom. The minimum Gasteiger partial charge on any atom is -0.381 e. The van der Waals surface area contributed by atoms with Gasteiger partial charge in [0, 0.05) is 31.7 Å². The van der Waals surface area contributed by atoms with E-state index in [-0.39, 0.29) is 12.0 Å². The van der Waals surface area contributed by atoms with Crippen molar-refractivity contribution in [1.82, 2.24) is 4.90 Å². The largest absolute Gasteiger partial charge is 0.381 e. The summed E-state index contributed by atoms with van der Waals surface area (Å²) >= 11 is 0. The van der Waals surface area contributed by atoms with E-state index < -0.39 is 0 Å². The van der Waals surface area contributed by atoms with Gasteiger partial charge in [-0.25, -0.2) is 0 Å². The van der Waals surface area contributed by atoms with Crippen LogP contribution < -0.4 is 0 Å². The highest BCUT2D eigenvalue weighted by atomic mass is 16.5. The first-order valence-electron chi connectivity index (χ1n) is 7.58. The zero-order valence-electron chi connectivity index (χ0n) is 11.6. The first-order chi connectivity index (χ1) is 9.33. The Labute approximate surface area is 115 Å². The molecule has 0 aromatic rings. The predicted octanol–water partition coefficient (Wildman–Crippen LogP) is 2.49. The van der Waals surface area contributed by atoms with Crippen LogP contribution in [0.1, 0.15) is 51.4 Å². The highest BCUT2D eigenvalue weighted by molar-refractivity contribution is 5.79. The molecule has 4 heteroatoms. The number of ether oxygens (including phenoxy) is 1. The SMILES string of the molecule is N#CCCN(C(=O)C1CCCCC1)C1CCOCC1. The molecule has 1 aliphatic carbocycles. The molecule has 1 amide bonds. The maximum Gasteiger partial charge on any atom is 0.225 e. The van der Waals surface area contributed by atoms with E-state index in [2.05, 4.69) is 6.07 Å². The van der Waals surface area contributed by atoms with Gasteiger partial charge in [0.15, 0.2) is 0 Å². The van der Waals surface area contributed by atoms with Gasteiger partial charge in [-0.2, -0.15) is 5.26 Å². The van der Waals surface area contributed by atoms with E-state index in [1.807, 2.05) is 4.90 Å². The van der Waals surface area contributed by atoms with Gasteiger partial charge in [-0.05, 0) is 25.7 Å². The summed E-state index contributed by atoms with van der Waals surface area (Å²) in [5.74, 6) is 0.497. The molecule has 0 aromatic heterocycles. The first kappa shape index (κ1) is 14.3. The molecule has 2 aliphatic rings. The average Bonchev–Trinajstić information content (AvgIpc) is 2.49. The molecule has 4 nitrogen and oxygen atoms in total. The molecule has 0 atom stereocenters. The van der Waals surface area contributed by atoms with E-state index >= 15 is 0 Å². The monoisotopic (exact) mass is 264 g/mol. The third kappa shape index (κ3) is 3.94. The number of hydrogen-bond donors (Lipinski definition) is 0. The van der Waals surface area contributed by atoms with Gasteiger partial charge in [-0.15, -0.1) is 0 Å². The second kappa shape index (κ2) is 7.49. The third-order valence-electron chi connectivity index (χ3n) is 4.33. The highest BCUT2D eigenvalue weighted by Crippen LogP contribution is 2.27. The van der Waals surface area contributed by atoms with Crippen LogP contribution in [-0.2, 0) is 9.53 Å². The topological polar surface area (TPSA) is 53.3 Å². The van der Waals surface area contributed by atoms with Crippen molar-refractivity contribution in [3.63, 3.8) is 0 Å². The summed E-state index contributed by atoms with van der Waals surface area (Å²) < 4.78 is 5.38. The summed E-state index contributed by atoms with van der Waals surface area (Å²) in [6.07, 6.45) is 7.96. The fourth-order valence-corrected chi connectivity index (χ4v) is 3.22. The number of nitrogens with zero attached hydrogens (tertiary/aromatic N) is 2. The Balaban J connectivity index is 1.98. The summed E-state index contributed by atoms with van der Waals surface area (Å²) in [6, 6.07) is 2.46. The second-order valence-corrected chi connectivity index (χ2v) is 5.62. The lowest BCUT2D eigenvalue weighted by Crippen LogP contribution is -2.46. The molecular formula is C15H24N2O2. The third-order valence-corrected chi connectivity index (χ3v) is 4.33. The molecule has 0 bridgehead atoms. The van der Waals surface area contributed by atoms with Gasteiger partial charge in [-0.1, -0.05) is 19.3 Å². The molecule has 0 N–H and O–H groups in total. The molecule has 0 spiro atoms. The van der Waals surface area contributed by atoms with Gasteiger partial charge in [0.1, 0.15) is 0 Å². The van der Waals surface area contributed by atoms with Crippen molar-refractivity contribution >= 4 is 5.91 Å². The van der Waals surface area contributed by atoms with Crippen LogP contribution in [-0.4, -0.2) is 36.6 Å². The number of hydrogen-bond acceptors (Lipinski definition) is 3. The standard InChI is InChI=1S/C15H24N2O2/c16-9-4-10-17(14-7-11-19-12-8-14)15(18)13-5-2-1-3-6-13/h13-14H,1-8,10-12H2. The lowest BCUT2D eigenvalue weighted by Gasteiger charge is -2.37. The molecule has 0 radical (unpaired) electrons. The Bertz CT molecular complexity index is 326. The summed E-state index contributed by atoms with van der Waals surface area (Å²) in [4.78, 5) is 14.7. The van der Waals surface area contributed by atoms with E-state index in [1.54, 1.807) is 0 Å². The van der Waals surface area contributed by atoms with E-state index in [4.69, 9.17) is 10.00 Å². The van der Waals surface area contributed by atoms with Crippen molar-refractivity contribution in [2.45, 2.75) is 57.4 Å².